The van der Waals surface area contributed by atoms with Crippen LogP contribution in [0.1, 0.15) is 46.5 Å². The van der Waals surface area contributed by atoms with E-state index < -0.39 is 23.3 Å². The van der Waals surface area contributed by atoms with E-state index in [4.69, 9.17) is 0 Å². The third-order valence-electron chi connectivity index (χ3n) is 3.72. The molecule has 1 heterocycles. The van der Waals surface area contributed by atoms with Crippen molar-refractivity contribution in [1.82, 2.24) is 10.6 Å². The Labute approximate surface area is 113 Å². The molecule has 19 heavy (non-hydrogen) atoms. The maximum absolute atomic E-state index is 12.2. The van der Waals surface area contributed by atoms with Crippen LogP contribution in [0.4, 0.5) is 4.79 Å². The Morgan fingerprint density at radius 3 is 2.00 bits per heavy atom. The number of hydrogen-bond donors (Lipinski definition) is 2. The second-order valence-electron chi connectivity index (χ2n) is 5.34. The summed E-state index contributed by atoms with van der Waals surface area (Å²) in [6, 6.07) is -0.739. The van der Waals surface area contributed by atoms with E-state index in [0.29, 0.717) is 6.42 Å². The molecule has 0 bridgehead atoms. The Bertz CT molecular complexity index is 391. The summed E-state index contributed by atoms with van der Waals surface area (Å²) in [6.07, 6.45) is 2.50. The highest BCUT2D eigenvalue weighted by atomic mass is 16.2. The van der Waals surface area contributed by atoms with Gasteiger partial charge in [0.2, 0.25) is 11.8 Å². The first-order chi connectivity index (χ1) is 8.85. The van der Waals surface area contributed by atoms with Crippen LogP contribution in [-0.4, -0.2) is 17.8 Å². The summed E-state index contributed by atoms with van der Waals surface area (Å²) >= 11 is 0. The molecule has 4 amide bonds. The fourth-order valence-electron chi connectivity index (χ4n) is 2.58. The van der Waals surface area contributed by atoms with E-state index >= 15 is 0 Å². The number of urea groups is 1. The van der Waals surface area contributed by atoms with Crippen molar-refractivity contribution >= 4 is 17.8 Å². The van der Waals surface area contributed by atoms with Crippen molar-refractivity contribution in [3.8, 4) is 0 Å². The molecule has 5 heteroatoms. The first-order valence-corrected chi connectivity index (χ1v) is 6.67. The van der Waals surface area contributed by atoms with Gasteiger partial charge in [-0.15, -0.1) is 6.58 Å². The molecule has 1 rings (SSSR count). The molecule has 0 spiro atoms. The molecule has 0 aromatic rings. The van der Waals surface area contributed by atoms with E-state index in [2.05, 4.69) is 17.2 Å². The Kier molecular flexibility index (Phi) is 4.86. The summed E-state index contributed by atoms with van der Waals surface area (Å²) in [4.78, 5) is 35.6. The van der Waals surface area contributed by atoms with E-state index in [1.54, 1.807) is 6.92 Å². The summed E-state index contributed by atoms with van der Waals surface area (Å²) in [6.45, 7) is 9.65. The first kappa shape index (κ1) is 15.4. The molecule has 5 nitrogen and oxygen atoms in total. The van der Waals surface area contributed by atoms with Gasteiger partial charge in [-0.25, -0.2) is 4.79 Å². The second kappa shape index (κ2) is 5.99. The average molecular weight is 266 g/mol. The normalized spacial score (nSPS) is 18.2. The molecule has 1 fully saturated rings. The molecule has 0 aromatic carbocycles. The van der Waals surface area contributed by atoms with Crippen LogP contribution in [0.25, 0.3) is 0 Å². The van der Waals surface area contributed by atoms with Crippen LogP contribution in [0, 0.1) is 11.3 Å². The van der Waals surface area contributed by atoms with Crippen molar-refractivity contribution in [1.29, 1.82) is 0 Å². The number of rotatable bonds is 6. The molecule has 0 radical (unpaired) electrons. The van der Waals surface area contributed by atoms with Crippen LogP contribution in [0.15, 0.2) is 12.2 Å². The zero-order chi connectivity index (χ0) is 14.6. The zero-order valence-corrected chi connectivity index (χ0v) is 11.8. The Balaban J connectivity index is 3.10. The van der Waals surface area contributed by atoms with E-state index in [1.165, 1.54) is 0 Å². The van der Waals surface area contributed by atoms with Crippen molar-refractivity contribution < 1.29 is 14.4 Å². The first-order valence-electron chi connectivity index (χ1n) is 6.67. The van der Waals surface area contributed by atoms with Gasteiger partial charge < -0.3 is 0 Å². The molecule has 1 aliphatic rings. The van der Waals surface area contributed by atoms with Gasteiger partial charge in [0.25, 0.3) is 0 Å². The smallest absolute Gasteiger partial charge is 0.277 e. The molecule has 0 aliphatic carbocycles. The summed E-state index contributed by atoms with van der Waals surface area (Å²) in [7, 11) is 0. The third kappa shape index (κ3) is 3.22. The van der Waals surface area contributed by atoms with Crippen molar-refractivity contribution in [2.24, 2.45) is 11.3 Å². The Morgan fingerprint density at radius 1 is 1.16 bits per heavy atom. The minimum atomic E-state index is -1.20. The van der Waals surface area contributed by atoms with Gasteiger partial charge in [0, 0.05) is 0 Å². The van der Waals surface area contributed by atoms with Gasteiger partial charge >= 0.3 is 6.03 Å². The van der Waals surface area contributed by atoms with Gasteiger partial charge in [-0.3, -0.25) is 20.2 Å². The fourth-order valence-corrected chi connectivity index (χ4v) is 2.58. The molecule has 0 unspecified atom stereocenters. The quantitative estimate of drug-likeness (QED) is 0.571. The largest absolute Gasteiger partial charge is 0.328 e. The Morgan fingerprint density at radius 2 is 1.63 bits per heavy atom. The number of allylic oxidation sites excluding steroid dienone is 1. The summed E-state index contributed by atoms with van der Waals surface area (Å²) in [5.74, 6) is -0.739. The zero-order valence-electron chi connectivity index (χ0n) is 11.8. The van der Waals surface area contributed by atoms with Gasteiger partial charge in [-0.05, 0) is 25.7 Å². The van der Waals surface area contributed by atoms with E-state index in [9.17, 15) is 14.4 Å². The van der Waals surface area contributed by atoms with Crippen molar-refractivity contribution in [3.63, 3.8) is 0 Å². The minimum absolute atomic E-state index is 0.268. The van der Waals surface area contributed by atoms with Crippen LogP contribution in [0.3, 0.4) is 0 Å². The summed E-state index contributed by atoms with van der Waals surface area (Å²) in [5, 5.41) is 4.42. The van der Waals surface area contributed by atoms with Crippen LogP contribution in [0.2, 0.25) is 0 Å². The second-order valence-corrected chi connectivity index (χ2v) is 5.34. The number of carbonyl (C=O) groups is 3. The molecule has 1 aliphatic heterocycles. The number of hydrogen-bond acceptors (Lipinski definition) is 3. The van der Waals surface area contributed by atoms with Crippen LogP contribution in [0.5, 0.6) is 0 Å². The Hall–Kier alpha value is -1.65. The minimum Gasteiger partial charge on any atom is -0.277 e. The number of imide groups is 2. The van der Waals surface area contributed by atoms with E-state index in [0.717, 1.165) is 18.4 Å². The van der Waals surface area contributed by atoms with E-state index in [1.807, 2.05) is 13.8 Å². The van der Waals surface area contributed by atoms with Crippen molar-refractivity contribution in [2.75, 3.05) is 0 Å². The monoisotopic (exact) mass is 266 g/mol. The highest BCUT2D eigenvalue weighted by molar-refractivity contribution is 6.19. The van der Waals surface area contributed by atoms with Gasteiger partial charge in [-0.1, -0.05) is 32.3 Å². The van der Waals surface area contributed by atoms with Crippen molar-refractivity contribution in [3.05, 3.63) is 12.2 Å². The predicted octanol–water partition coefficient (Wildman–Crippen LogP) is 2.13. The van der Waals surface area contributed by atoms with Crippen LogP contribution in [-0.2, 0) is 9.59 Å². The van der Waals surface area contributed by atoms with Crippen LogP contribution < -0.4 is 10.6 Å². The molecule has 106 valence electrons. The number of amides is 4. The molecular weight excluding hydrogens is 244 g/mol. The highest BCUT2D eigenvalue weighted by Gasteiger charge is 2.50. The topological polar surface area (TPSA) is 75.3 Å². The maximum Gasteiger partial charge on any atom is 0.328 e. The SMILES string of the molecule is C=C(C)CC1(CC(CC)CC)C(=O)NC(=O)NC1=O. The van der Waals surface area contributed by atoms with Gasteiger partial charge in [0.15, 0.2) is 0 Å². The molecule has 0 saturated carbocycles. The summed E-state index contributed by atoms with van der Waals surface area (Å²) < 4.78 is 0. The molecule has 1 saturated heterocycles. The highest BCUT2D eigenvalue weighted by Crippen LogP contribution is 2.37. The maximum atomic E-state index is 12.2. The van der Waals surface area contributed by atoms with E-state index in [-0.39, 0.29) is 12.3 Å². The molecule has 0 aromatic heterocycles. The van der Waals surface area contributed by atoms with Gasteiger partial charge in [0.05, 0.1) is 0 Å². The third-order valence-corrected chi connectivity index (χ3v) is 3.72. The average Bonchev–Trinajstić information content (AvgIpc) is 2.31. The predicted molar refractivity (Wildman–Crippen MR) is 72.2 cm³/mol. The van der Waals surface area contributed by atoms with Crippen LogP contribution >= 0.6 is 0 Å². The lowest BCUT2D eigenvalue weighted by Crippen LogP contribution is -2.62. The van der Waals surface area contributed by atoms with Crippen molar-refractivity contribution in [2.45, 2.75) is 46.5 Å². The molecule has 2 N–H and O–H groups in total. The lowest BCUT2D eigenvalue weighted by molar-refractivity contribution is -0.145. The number of barbiturate groups is 1. The number of nitrogens with one attached hydrogen (secondary N) is 2. The summed E-state index contributed by atoms with van der Waals surface area (Å²) in [5.41, 5.74) is -0.443. The molecular formula is C14H22N2O3. The fraction of sp³-hybridized carbons (Fsp3) is 0.643. The standard InChI is InChI=1S/C14H22N2O3/c1-5-10(6-2)8-14(7-9(3)4)11(17)15-13(19)16-12(14)18/h10H,3,5-8H2,1-2,4H3,(H2,15,16,17,18,19). The molecule has 0 atom stereocenters. The van der Waals surface area contributed by atoms with Gasteiger partial charge in [-0.2, -0.15) is 0 Å². The lowest BCUT2D eigenvalue weighted by atomic mass is 9.71. The van der Waals surface area contributed by atoms with Gasteiger partial charge in [0.1, 0.15) is 5.41 Å². The lowest BCUT2D eigenvalue weighted by Gasteiger charge is -2.36. The number of carbonyl (C=O) groups excluding carboxylic acids is 3.